The first-order chi connectivity index (χ1) is 9.47. The molecule has 6 heteroatoms. The molecule has 0 aromatic heterocycles. The molecule has 0 aliphatic heterocycles. The number of benzene rings is 1. The van der Waals surface area contributed by atoms with Crippen LogP contribution in [0.25, 0.3) is 0 Å². The van der Waals surface area contributed by atoms with Gasteiger partial charge in [0.05, 0.1) is 19.9 Å². The van der Waals surface area contributed by atoms with E-state index in [-0.39, 0.29) is 5.92 Å². The van der Waals surface area contributed by atoms with Crippen molar-refractivity contribution in [2.75, 3.05) is 26.1 Å². The van der Waals surface area contributed by atoms with Gasteiger partial charge in [-0.25, -0.2) is 0 Å². The summed E-state index contributed by atoms with van der Waals surface area (Å²) >= 11 is 0. The number of hydrogen-bond donors (Lipinski definition) is 2. The molecule has 0 radical (unpaired) electrons. The summed E-state index contributed by atoms with van der Waals surface area (Å²) in [5, 5.41) is 5.05. The molecule has 1 aromatic rings. The molecule has 0 aliphatic carbocycles. The van der Waals surface area contributed by atoms with Crippen LogP contribution in [0, 0.1) is 5.92 Å². The van der Waals surface area contributed by atoms with Crippen molar-refractivity contribution in [1.29, 1.82) is 0 Å². The quantitative estimate of drug-likeness (QED) is 0.800. The van der Waals surface area contributed by atoms with E-state index >= 15 is 0 Å². The van der Waals surface area contributed by atoms with E-state index in [1.165, 1.54) is 14.2 Å². The zero-order chi connectivity index (χ0) is 15.1. The first-order valence-electron chi connectivity index (χ1n) is 6.29. The Balaban J connectivity index is 2.72. The SMILES string of the molecule is COc1ccc(NC(=O)C(=O)NCC(C)C)c(OC)c1. The molecule has 0 saturated carbocycles. The number of hydrogen-bond acceptors (Lipinski definition) is 4. The second-order valence-corrected chi connectivity index (χ2v) is 4.62. The average molecular weight is 280 g/mol. The zero-order valence-corrected chi connectivity index (χ0v) is 12.1. The van der Waals surface area contributed by atoms with Crippen molar-refractivity contribution in [3.8, 4) is 11.5 Å². The van der Waals surface area contributed by atoms with Crippen LogP contribution in [-0.2, 0) is 9.59 Å². The van der Waals surface area contributed by atoms with Gasteiger partial charge in [0.2, 0.25) is 0 Å². The van der Waals surface area contributed by atoms with Crippen LogP contribution in [0.4, 0.5) is 5.69 Å². The first kappa shape index (κ1) is 15.8. The molecule has 2 amide bonds. The Kier molecular flexibility index (Phi) is 5.83. The van der Waals surface area contributed by atoms with Crippen LogP contribution in [0.3, 0.4) is 0 Å². The number of anilines is 1. The van der Waals surface area contributed by atoms with Gasteiger partial charge in [-0.1, -0.05) is 13.8 Å². The predicted molar refractivity (Wildman–Crippen MR) is 76.0 cm³/mol. The standard InChI is InChI=1S/C14H20N2O4/c1-9(2)8-15-13(17)14(18)16-11-6-5-10(19-3)7-12(11)20-4/h5-7,9H,8H2,1-4H3,(H,15,17)(H,16,18). The number of ether oxygens (including phenoxy) is 2. The highest BCUT2D eigenvalue weighted by atomic mass is 16.5. The van der Waals surface area contributed by atoms with Crippen LogP contribution >= 0.6 is 0 Å². The molecule has 1 aromatic carbocycles. The van der Waals surface area contributed by atoms with Gasteiger partial charge in [0.15, 0.2) is 0 Å². The van der Waals surface area contributed by atoms with E-state index in [9.17, 15) is 9.59 Å². The van der Waals surface area contributed by atoms with E-state index in [0.29, 0.717) is 23.7 Å². The maximum absolute atomic E-state index is 11.7. The summed E-state index contributed by atoms with van der Waals surface area (Å²) in [7, 11) is 3.01. The Labute approximate surface area is 118 Å². The van der Waals surface area contributed by atoms with Crippen molar-refractivity contribution in [1.82, 2.24) is 5.32 Å². The smallest absolute Gasteiger partial charge is 0.313 e. The molecule has 20 heavy (non-hydrogen) atoms. The minimum Gasteiger partial charge on any atom is -0.497 e. The van der Waals surface area contributed by atoms with Crippen molar-refractivity contribution in [2.45, 2.75) is 13.8 Å². The van der Waals surface area contributed by atoms with E-state index in [4.69, 9.17) is 9.47 Å². The fraction of sp³-hybridized carbons (Fsp3) is 0.429. The third-order valence-corrected chi connectivity index (χ3v) is 2.53. The molecule has 0 fully saturated rings. The van der Waals surface area contributed by atoms with Crippen LogP contribution in [0.15, 0.2) is 18.2 Å². The summed E-state index contributed by atoms with van der Waals surface area (Å²) in [6.45, 7) is 4.35. The van der Waals surface area contributed by atoms with Crippen molar-refractivity contribution >= 4 is 17.5 Å². The van der Waals surface area contributed by atoms with Gasteiger partial charge in [-0.3, -0.25) is 9.59 Å². The van der Waals surface area contributed by atoms with Crippen LogP contribution in [-0.4, -0.2) is 32.6 Å². The van der Waals surface area contributed by atoms with Gasteiger partial charge in [0.25, 0.3) is 0 Å². The topological polar surface area (TPSA) is 76.7 Å². The van der Waals surface area contributed by atoms with Crippen LogP contribution in [0.1, 0.15) is 13.8 Å². The van der Waals surface area contributed by atoms with Crippen LogP contribution in [0.5, 0.6) is 11.5 Å². The lowest BCUT2D eigenvalue weighted by Gasteiger charge is -2.12. The van der Waals surface area contributed by atoms with Gasteiger partial charge < -0.3 is 20.1 Å². The van der Waals surface area contributed by atoms with Crippen LogP contribution in [0.2, 0.25) is 0 Å². The van der Waals surface area contributed by atoms with Crippen LogP contribution < -0.4 is 20.1 Å². The highest BCUT2D eigenvalue weighted by Crippen LogP contribution is 2.28. The van der Waals surface area contributed by atoms with Gasteiger partial charge in [-0.15, -0.1) is 0 Å². The number of amides is 2. The normalized spacial score (nSPS) is 10.1. The second kappa shape index (κ2) is 7.37. The lowest BCUT2D eigenvalue weighted by Crippen LogP contribution is -2.37. The number of nitrogens with one attached hydrogen (secondary N) is 2. The van der Waals surface area contributed by atoms with Gasteiger partial charge in [0, 0.05) is 12.6 Å². The molecule has 0 atom stereocenters. The monoisotopic (exact) mass is 280 g/mol. The van der Waals surface area contributed by atoms with Gasteiger partial charge >= 0.3 is 11.8 Å². The highest BCUT2D eigenvalue weighted by molar-refractivity contribution is 6.39. The largest absolute Gasteiger partial charge is 0.497 e. The van der Waals surface area contributed by atoms with Gasteiger partial charge in [-0.05, 0) is 18.1 Å². The summed E-state index contributed by atoms with van der Waals surface area (Å²) in [5.41, 5.74) is 0.415. The molecule has 0 aliphatic rings. The molecule has 110 valence electrons. The summed E-state index contributed by atoms with van der Waals surface area (Å²) in [4.78, 5) is 23.3. The fourth-order valence-corrected chi connectivity index (χ4v) is 1.46. The minimum absolute atomic E-state index is 0.280. The van der Waals surface area contributed by atoms with E-state index in [0.717, 1.165) is 0 Å². The Morgan fingerprint density at radius 3 is 2.40 bits per heavy atom. The van der Waals surface area contributed by atoms with E-state index < -0.39 is 11.8 Å². The molecular formula is C14H20N2O4. The third kappa shape index (κ3) is 4.46. The summed E-state index contributed by atoms with van der Waals surface area (Å²) in [5.74, 6) is -0.0913. The number of rotatable bonds is 5. The summed E-state index contributed by atoms with van der Waals surface area (Å²) < 4.78 is 10.2. The first-order valence-corrected chi connectivity index (χ1v) is 6.29. The molecule has 6 nitrogen and oxygen atoms in total. The average Bonchev–Trinajstić information content (AvgIpc) is 2.44. The highest BCUT2D eigenvalue weighted by Gasteiger charge is 2.16. The Bertz CT molecular complexity index is 486. The molecule has 0 saturated heterocycles. The van der Waals surface area contributed by atoms with Gasteiger partial charge in [0.1, 0.15) is 11.5 Å². The summed E-state index contributed by atoms with van der Waals surface area (Å²) in [6, 6.07) is 4.91. The maximum Gasteiger partial charge on any atom is 0.313 e. The lowest BCUT2D eigenvalue weighted by molar-refractivity contribution is -0.136. The van der Waals surface area contributed by atoms with Crippen molar-refractivity contribution < 1.29 is 19.1 Å². The van der Waals surface area contributed by atoms with E-state index in [2.05, 4.69) is 10.6 Å². The minimum atomic E-state index is -0.728. The third-order valence-electron chi connectivity index (χ3n) is 2.53. The van der Waals surface area contributed by atoms with Crippen molar-refractivity contribution in [3.05, 3.63) is 18.2 Å². The predicted octanol–water partition coefficient (Wildman–Crippen LogP) is 1.41. The van der Waals surface area contributed by atoms with Crippen molar-refractivity contribution in [3.63, 3.8) is 0 Å². The Morgan fingerprint density at radius 2 is 1.85 bits per heavy atom. The lowest BCUT2D eigenvalue weighted by atomic mass is 10.2. The van der Waals surface area contributed by atoms with Crippen molar-refractivity contribution in [2.24, 2.45) is 5.92 Å². The second-order valence-electron chi connectivity index (χ2n) is 4.62. The Hall–Kier alpha value is -2.24. The maximum atomic E-state index is 11.7. The molecule has 2 N–H and O–H groups in total. The summed E-state index contributed by atoms with van der Waals surface area (Å²) in [6.07, 6.45) is 0. The zero-order valence-electron chi connectivity index (χ0n) is 12.1. The molecule has 0 heterocycles. The molecule has 1 rings (SSSR count). The van der Waals surface area contributed by atoms with E-state index in [1.54, 1.807) is 18.2 Å². The van der Waals surface area contributed by atoms with E-state index in [1.807, 2.05) is 13.8 Å². The number of carbonyl (C=O) groups excluding carboxylic acids is 2. The molecule has 0 bridgehead atoms. The fourth-order valence-electron chi connectivity index (χ4n) is 1.46. The molecular weight excluding hydrogens is 260 g/mol. The molecule has 0 spiro atoms. The Morgan fingerprint density at radius 1 is 1.15 bits per heavy atom. The molecule has 0 unspecified atom stereocenters. The number of methoxy groups -OCH3 is 2. The van der Waals surface area contributed by atoms with Gasteiger partial charge in [-0.2, -0.15) is 0 Å². The number of carbonyl (C=O) groups is 2.